The summed E-state index contributed by atoms with van der Waals surface area (Å²) < 4.78 is 5.25. The molecule has 0 spiro atoms. The van der Waals surface area contributed by atoms with Crippen molar-refractivity contribution < 1.29 is 4.42 Å². The fraction of sp³-hybridized carbons (Fsp3) is 0. The van der Waals surface area contributed by atoms with Crippen LogP contribution < -0.4 is 0 Å². The minimum Gasteiger partial charge on any atom is -0.462 e. The molecule has 0 N–H and O–H groups in total. The van der Waals surface area contributed by atoms with Crippen LogP contribution in [-0.2, 0) is 0 Å². The summed E-state index contributed by atoms with van der Waals surface area (Å²) in [6.45, 7) is 7.51. The molecular weight excluding hydrogens is 150 g/mol. The first-order valence-corrected chi connectivity index (χ1v) is 3.62. The Bertz CT molecular complexity index is 428. The summed E-state index contributed by atoms with van der Waals surface area (Å²) in [6, 6.07) is 3.67. The molecule has 0 saturated heterocycles. The summed E-state index contributed by atoms with van der Waals surface area (Å²) in [5.41, 5.74) is 3.28. The number of fused-ring (bicyclic) bond motifs is 1. The molecule has 0 aromatic carbocycles. The zero-order valence-corrected chi connectivity index (χ0v) is 6.58. The topological polar surface area (TPSA) is 26.0 Å². The maximum Gasteiger partial charge on any atom is 0.159 e. The van der Waals surface area contributed by atoms with Crippen molar-refractivity contribution in [3.8, 4) is 0 Å². The van der Waals surface area contributed by atoms with Gasteiger partial charge in [-0.05, 0) is 18.6 Å². The highest BCUT2D eigenvalue weighted by Gasteiger charge is 2.04. The van der Waals surface area contributed by atoms with Crippen molar-refractivity contribution in [2.45, 2.75) is 0 Å². The molecule has 2 heterocycles. The molecule has 2 nitrogen and oxygen atoms in total. The number of aromatic nitrogens is 1. The van der Waals surface area contributed by atoms with E-state index in [1.807, 2.05) is 12.1 Å². The van der Waals surface area contributed by atoms with E-state index in [4.69, 9.17) is 4.42 Å². The van der Waals surface area contributed by atoms with Gasteiger partial charge in [-0.25, -0.2) is 0 Å². The van der Waals surface area contributed by atoms with Crippen LogP contribution in [0.1, 0.15) is 5.56 Å². The summed E-state index contributed by atoms with van der Waals surface area (Å²) in [7, 11) is 0. The van der Waals surface area contributed by atoms with E-state index in [0.717, 1.165) is 22.2 Å². The van der Waals surface area contributed by atoms with E-state index in [0.29, 0.717) is 0 Å². The maximum absolute atomic E-state index is 5.25. The van der Waals surface area contributed by atoms with Crippen LogP contribution in [0.3, 0.4) is 0 Å². The summed E-state index contributed by atoms with van der Waals surface area (Å²) >= 11 is 0. The minimum atomic E-state index is 0.748. The molecule has 0 aliphatic heterocycles. The molecule has 0 aliphatic carbocycles. The first-order valence-electron chi connectivity index (χ1n) is 3.62. The van der Waals surface area contributed by atoms with Crippen LogP contribution >= 0.6 is 0 Å². The van der Waals surface area contributed by atoms with Gasteiger partial charge in [-0.2, -0.15) is 0 Å². The number of rotatable bonds is 1. The lowest BCUT2D eigenvalue weighted by Crippen LogP contribution is -1.80. The van der Waals surface area contributed by atoms with E-state index in [9.17, 15) is 0 Å². The Morgan fingerprint density at radius 2 is 2.25 bits per heavy atom. The van der Waals surface area contributed by atoms with Crippen molar-refractivity contribution in [2.75, 3.05) is 0 Å². The van der Waals surface area contributed by atoms with Crippen molar-refractivity contribution in [3.63, 3.8) is 0 Å². The number of allylic oxidation sites excluding steroid dienone is 1. The second-order valence-electron chi connectivity index (χ2n) is 2.60. The average Bonchev–Trinajstić information content (AvgIpc) is 2.49. The Morgan fingerprint density at radius 1 is 1.42 bits per heavy atom. The zero-order valence-electron chi connectivity index (χ0n) is 6.58. The first-order chi connectivity index (χ1) is 5.79. The number of hydrogen-bond acceptors (Lipinski definition) is 2. The van der Waals surface area contributed by atoms with Gasteiger partial charge in [0.25, 0.3) is 0 Å². The van der Waals surface area contributed by atoms with E-state index in [2.05, 4.69) is 18.5 Å². The van der Waals surface area contributed by atoms with Crippen molar-refractivity contribution >= 4 is 16.7 Å². The molecule has 0 fully saturated rings. The normalized spacial score (nSPS) is 10.4. The lowest BCUT2D eigenvalue weighted by molar-refractivity contribution is 0.614. The Balaban J connectivity index is 2.82. The molecule has 0 aliphatic rings. The van der Waals surface area contributed by atoms with Crippen molar-refractivity contribution in [3.05, 3.63) is 43.7 Å². The van der Waals surface area contributed by atoms with Crippen LogP contribution in [0.25, 0.3) is 16.7 Å². The minimum absolute atomic E-state index is 0.748. The fourth-order valence-electron chi connectivity index (χ4n) is 1.15. The van der Waals surface area contributed by atoms with Gasteiger partial charge in [0.2, 0.25) is 0 Å². The van der Waals surface area contributed by atoms with E-state index >= 15 is 0 Å². The fourth-order valence-corrected chi connectivity index (χ4v) is 1.15. The molecule has 0 unspecified atom stereocenters. The van der Waals surface area contributed by atoms with Crippen LogP contribution in [0.2, 0.25) is 0 Å². The average molecular weight is 158 g/mol. The van der Waals surface area contributed by atoms with E-state index in [1.165, 1.54) is 0 Å². The lowest BCUT2D eigenvalue weighted by atomic mass is 10.1. The molecule has 2 aromatic rings. The number of hydrogen-bond donors (Lipinski definition) is 0. The molecule has 1 radical (unpaired) electrons. The van der Waals surface area contributed by atoms with Crippen molar-refractivity contribution in [2.24, 2.45) is 0 Å². The Morgan fingerprint density at radius 3 is 3.00 bits per heavy atom. The van der Waals surface area contributed by atoms with Crippen LogP contribution in [0.15, 0.2) is 35.6 Å². The third-order valence-electron chi connectivity index (χ3n) is 1.72. The molecule has 0 saturated carbocycles. The highest BCUT2D eigenvalue weighted by Crippen LogP contribution is 2.22. The second-order valence-corrected chi connectivity index (χ2v) is 2.60. The molecular formula is C10H8NO. The highest BCUT2D eigenvalue weighted by molar-refractivity contribution is 5.87. The zero-order chi connectivity index (χ0) is 8.55. The number of furan rings is 1. The van der Waals surface area contributed by atoms with E-state index in [1.54, 1.807) is 12.5 Å². The molecule has 2 rings (SSSR count). The molecule has 0 atom stereocenters. The Hall–Kier alpha value is -1.57. The second kappa shape index (κ2) is 2.48. The van der Waals surface area contributed by atoms with Crippen molar-refractivity contribution in [1.82, 2.24) is 4.98 Å². The quantitative estimate of drug-likeness (QED) is 0.637. The van der Waals surface area contributed by atoms with Gasteiger partial charge in [-0.1, -0.05) is 6.58 Å². The van der Waals surface area contributed by atoms with Gasteiger partial charge in [-0.15, -0.1) is 0 Å². The van der Waals surface area contributed by atoms with Gasteiger partial charge in [-0.3, -0.25) is 4.98 Å². The summed E-state index contributed by atoms with van der Waals surface area (Å²) in [6.07, 6.45) is 3.34. The predicted octanol–water partition coefficient (Wildman–Crippen LogP) is 2.68. The van der Waals surface area contributed by atoms with Crippen LogP contribution in [0, 0.1) is 6.92 Å². The molecule has 59 valence electrons. The van der Waals surface area contributed by atoms with Gasteiger partial charge in [0.15, 0.2) is 5.58 Å². The first kappa shape index (κ1) is 7.10. The third kappa shape index (κ3) is 0.925. The standard InChI is InChI=1S/C10H8NO/c1-7(2)8-3-5-11-9-4-6-12-10(8)9/h3-6H,1-2H2. The molecule has 0 bridgehead atoms. The molecule has 12 heavy (non-hydrogen) atoms. The van der Waals surface area contributed by atoms with Gasteiger partial charge in [0.05, 0.1) is 6.26 Å². The van der Waals surface area contributed by atoms with Gasteiger partial charge >= 0.3 is 0 Å². The van der Waals surface area contributed by atoms with Crippen molar-refractivity contribution in [1.29, 1.82) is 0 Å². The van der Waals surface area contributed by atoms with Gasteiger partial charge < -0.3 is 4.42 Å². The smallest absolute Gasteiger partial charge is 0.159 e. The molecule has 0 amide bonds. The summed E-state index contributed by atoms with van der Waals surface area (Å²) in [5, 5.41) is 0. The lowest BCUT2D eigenvalue weighted by Gasteiger charge is -1.98. The Labute approximate surface area is 70.5 Å². The third-order valence-corrected chi connectivity index (χ3v) is 1.72. The highest BCUT2D eigenvalue weighted by atomic mass is 16.3. The van der Waals surface area contributed by atoms with Crippen LogP contribution in [0.4, 0.5) is 0 Å². The maximum atomic E-state index is 5.25. The number of nitrogens with zero attached hydrogens (tertiary/aromatic N) is 1. The summed E-state index contributed by atoms with van der Waals surface area (Å²) in [5.74, 6) is 0. The largest absolute Gasteiger partial charge is 0.462 e. The monoisotopic (exact) mass is 158 g/mol. The van der Waals surface area contributed by atoms with Crippen LogP contribution in [-0.4, -0.2) is 4.98 Å². The van der Waals surface area contributed by atoms with Crippen LogP contribution in [0.5, 0.6) is 0 Å². The van der Waals surface area contributed by atoms with Gasteiger partial charge in [0, 0.05) is 17.8 Å². The number of pyridine rings is 1. The van der Waals surface area contributed by atoms with Gasteiger partial charge in [0.1, 0.15) is 5.52 Å². The Kier molecular flexibility index (Phi) is 1.47. The molecule has 2 heteroatoms. The predicted molar refractivity (Wildman–Crippen MR) is 48.4 cm³/mol. The van der Waals surface area contributed by atoms with E-state index in [-0.39, 0.29) is 0 Å². The summed E-state index contributed by atoms with van der Waals surface area (Å²) in [4.78, 5) is 4.12. The SMILES string of the molecule is [CH2]C(=C)c1ccnc2ccoc12. The van der Waals surface area contributed by atoms with E-state index < -0.39 is 0 Å². The molecule has 2 aromatic heterocycles.